The third-order valence-electron chi connectivity index (χ3n) is 10.9. The zero-order chi connectivity index (χ0) is 47.8. The molecular formula is C46H44N10O6S4. The molecule has 0 saturated heterocycles. The first kappa shape index (κ1) is 46.1. The van der Waals surface area contributed by atoms with E-state index in [1.165, 1.54) is 45.6 Å². The highest BCUT2D eigenvalue weighted by Crippen LogP contribution is 2.46. The average molecular weight is 961 g/mol. The number of azo groups is 1. The Balaban J connectivity index is 1.40. The summed E-state index contributed by atoms with van der Waals surface area (Å²) in [5, 5.41) is 29.4. The number of pyridine rings is 1. The van der Waals surface area contributed by atoms with Gasteiger partial charge in [-0.1, -0.05) is 79.3 Å². The van der Waals surface area contributed by atoms with Gasteiger partial charge in [-0.2, -0.15) is 31.9 Å². The molecule has 3 N–H and O–H groups in total. The number of nitrogens with zero attached hydrogens (tertiary/aromatic N) is 9. The Bertz CT molecular complexity index is 3560. The zero-order valence-electron chi connectivity index (χ0n) is 37.5. The lowest BCUT2D eigenvalue weighted by Gasteiger charge is -2.27. The molecule has 4 aromatic heterocycles. The van der Waals surface area contributed by atoms with E-state index in [4.69, 9.17) is 30.3 Å². The number of hydrogen-bond acceptors (Lipinski definition) is 15. The first-order chi connectivity index (χ1) is 30.9. The summed E-state index contributed by atoms with van der Waals surface area (Å²) in [4.78, 5) is 16.3. The van der Waals surface area contributed by atoms with Crippen LogP contribution in [0.5, 0.6) is 0 Å². The Morgan fingerprint density at radius 3 is 2.08 bits per heavy atom. The van der Waals surface area contributed by atoms with Crippen molar-refractivity contribution in [2.45, 2.75) is 84.4 Å². The molecule has 66 heavy (non-hydrogen) atoms. The van der Waals surface area contributed by atoms with Gasteiger partial charge in [0, 0.05) is 11.1 Å². The Morgan fingerprint density at radius 1 is 0.758 bits per heavy atom. The predicted octanol–water partition coefficient (Wildman–Crippen LogP) is 11.9. The minimum Gasteiger partial charge on any atom is -0.338 e. The van der Waals surface area contributed by atoms with Gasteiger partial charge in [-0.25, -0.2) is 15.0 Å². The van der Waals surface area contributed by atoms with Gasteiger partial charge in [0.15, 0.2) is 16.8 Å². The number of para-hydroxylation sites is 1. The second-order valence-corrected chi connectivity index (χ2v) is 21.9. The Morgan fingerprint density at radius 2 is 1.44 bits per heavy atom. The molecule has 0 aliphatic carbocycles. The van der Waals surface area contributed by atoms with Crippen molar-refractivity contribution in [1.82, 2.24) is 24.7 Å². The van der Waals surface area contributed by atoms with Gasteiger partial charge in [0.25, 0.3) is 20.2 Å². The van der Waals surface area contributed by atoms with Crippen molar-refractivity contribution in [2.24, 2.45) is 10.2 Å². The normalized spacial score (nSPS) is 12.4. The fraction of sp³-hybridized carbons (Fsp3) is 0.239. The molecule has 0 aliphatic heterocycles. The van der Waals surface area contributed by atoms with E-state index in [2.05, 4.69) is 11.4 Å². The van der Waals surface area contributed by atoms with E-state index in [-0.39, 0.29) is 38.2 Å². The number of rotatable bonds is 10. The van der Waals surface area contributed by atoms with Crippen molar-refractivity contribution in [2.75, 3.05) is 10.2 Å². The van der Waals surface area contributed by atoms with E-state index in [0.29, 0.717) is 54.4 Å². The number of nitriles is 1. The molecule has 0 radical (unpaired) electrons. The van der Waals surface area contributed by atoms with Crippen LogP contribution in [0.4, 0.5) is 39.6 Å². The molecule has 8 rings (SSSR count). The molecule has 8 aromatic rings. The molecule has 0 aliphatic rings. The van der Waals surface area contributed by atoms with Crippen LogP contribution < -0.4 is 10.2 Å². The van der Waals surface area contributed by atoms with Crippen LogP contribution in [0, 0.1) is 59.8 Å². The third-order valence-corrected chi connectivity index (χ3v) is 14.9. The van der Waals surface area contributed by atoms with Crippen molar-refractivity contribution < 1.29 is 25.9 Å². The fourth-order valence-electron chi connectivity index (χ4n) is 8.14. The monoisotopic (exact) mass is 960 g/mol. The van der Waals surface area contributed by atoms with Crippen LogP contribution >= 0.6 is 22.7 Å². The van der Waals surface area contributed by atoms with E-state index >= 15 is 0 Å². The van der Waals surface area contributed by atoms with Crippen molar-refractivity contribution in [3.05, 3.63) is 117 Å². The highest BCUT2D eigenvalue weighted by Gasteiger charge is 2.30. The van der Waals surface area contributed by atoms with E-state index in [0.717, 1.165) is 32.6 Å². The minimum absolute atomic E-state index is 0.132. The standard InChI is InChI=1S/C46H44N10O6S4/c1-23-17-26(4)39(27(5)18-23)55(44-48-33-16-15-30(65(57,58)59)21-35(33)64-44)36-20-25(3)38(42(50-36)51-37-24(2)19-28(6)40(29(37)7)66(60,61)62)52-53-43-31(22-47)41(46(8,9)10)54-56(43)45-49-32-13-11-12-14-34(32)63-45/h11-21H,1-10H3,(H,50,51)(H,57,58,59)(H,60,61,62). The summed E-state index contributed by atoms with van der Waals surface area (Å²) in [5.41, 5.74) is 7.22. The van der Waals surface area contributed by atoms with Gasteiger partial charge in [0.1, 0.15) is 28.0 Å². The molecule has 338 valence electrons. The van der Waals surface area contributed by atoms with Gasteiger partial charge in [-0.3, -0.25) is 14.0 Å². The number of aryl methyl sites for hydroxylation is 6. The molecule has 0 amide bonds. The maximum absolute atomic E-state index is 12.8. The van der Waals surface area contributed by atoms with Crippen LogP contribution in [0.2, 0.25) is 0 Å². The van der Waals surface area contributed by atoms with Gasteiger partial charge >= 0.3 is 0 Å². The first-order valence-corrected chi connectivity index (χ1v) is 24.9. The number of thiazole rings is 2. The van der Waals surface area contributed by atoms with E-state index in [1.54, 1.807) is 32.9 Å². The van der Waals surface area contributed by atoms with Crippen LogP contribution in [0.15, 0.2) is 86.7 Å². The van der Waals surface area contributed by atoms with Crippen LogP contribution in [0.25, 0.3) is 25.6 Å². The third kappa shape index (κ3) is 8.56. The topological polar surface area (TPSA) is 229 Å². The second-order valence-electron chi connectivity index (χ2n) is 17.1. The Hall–Kier alpha value is -6.47. The summed E-state index contributed by atoms with van der Waals surface area (Å²) in [6, 6.07) is 21.6. The average Bonchev–Trinajstić information content (AvgIpc) is 3.94. The predicted molar refractivity (Wildman–Crippen MR) is 259 cm³/mol. The molecule has 0 unspecified atom stereocenters. The molecule has 0 bridgehead atoms. The molecule has 4 heterocycles. The van der Waals surface area contributed by atoms with Crippen LogP contribution in [-0.2, 0) is 25.7 Å². The van der Waals surface area contributed by atoms with Crippen molar-refractivity contribution in [3.8, 4) is 11.2 Å². The number of hydrogen-bond donors (Lipinski definition) is 3. The lowest BCUT2D eigenvalue weighted by Crippen LogP contribution is -2.15. The molecule has 0 saturated carbocycles. The minimum atomic E-state index is -4.67. The number of benzene rings is 4. The number of aromatic nitrogens is 5. The quantitative estimate of drug-likeness (QED) is 0.0857. The lowest BCUT2D eigenvalue weighted by molar-refractivity contribution is 0.480. The SMILES string of the molecule is Cc1cc(C)c(N(c2cc(C)c(N=Nc3c(C#N)c(C(C)(C)C)nn3-c3nc4ccccc4s3)c(Nc3c(C)cc(C)c(S(=O)(=O)O)c3C)n2)c2nc3ccc(S(=O)(=O)O)cc3s2)c(C)c1. The van der Waals surface area contributed by atoms with Gasteiger partial charge in [0.2, 0.25) is 5.13 Å². The van der Waals surface area contributed by atoms with Crippen molar-refractivity contribution in [1.29, 1.82) is 5.26 Å². The van der Waals surface area contributed by atoms with Gasteiger partial charge in [-0.05, 0) is 118 Å². The smallest absolute Gasteiger partial charge is 0.295 e. The van der Waals surface area contributed by atoms with Crippen LogP contribution in [0.1, 0.15) is 71.0 Å². The fourth-order valence-corrected chi connectivity index (χ4v) is 11.6. The Labute approximate surface area is 389 Å². The molecule has 4 aromatic carbocycles. The van der Waals surface area contributed by atoms with E-state index in [9.17, 15) is 31.2 Å². The summed E-state index contributed by atoms with van der Waals surface area (Å²) in [5.74, 6) is 0.620. The largest absolute Gasteiger partial charge is 0.338 e. The summed E-state index contributed by atoms with van der Waals surface area (Å²) >= 11 is 2.58. The van der Waals surface area contributed by atoms with Gasteiger partial charge < -0.3 is 5.32 Å². The summed E-state index contributed by atoms with van der Waals surface area (Å²) < 4.78 is 73.1. The molecule has 0 fully saturated rings. The number of nitrogens with one attached hydrogen (secondary N) is 1. The number of anilines is 5. The lowest BCUT2D eigenvalue weighted by atomic mass is 9.90. The van der Waals surface area contributed by atoms with Gasteiger partial charge in [-0.15, -0.1) is 10.2 Å². The first-order valence-electron chi connectivity index (χ1n) is 20.4. The summed E-state index contributed by atoms with van der Waals surface area (Å²) in [6.45, 7) is 18.6. The number of fused-ring (bicyclic) bond motifs is 2. The highest BCUT2D eigenvalue weighted by atomic mass is 32.2. The molecule has 0 spiro atoms. The summed E-state index contributed by atoms with van der Waals surface area (Å²) in [7, 11) is -9.18. The van der Waals surface area contributed by atoms with E-state index in [1.807, 2.05) is 89.8 Å². The zero-order valence-corrected chi connectivity index (χ0v) is 40.8. The summed E-state index contributed by atoms with van der Waals surface area (Å²) in [6.07, 6.45) is 0. The van der Waals surface area contributed by atoms with Crippen molar-refractivity contribution >= 4 is 103 Å². The maximum atomic E-state index is 12.8. The molecule has 0 atom stereocenters. The Kier molecular flexibility index (Phi) is 11.7. The molecule has 20 heteroatoms. The van der Waals surface area contributed by atoms with Crippen LogP contribution in [-0.4, -0.2) is 50.7 Å². The van der Waals surface area contributed by atoms with Crippen molar-refractivity contribution in [3.63, 3.8) is 0 Å². The van der Waals surface area contributed by atoms with E-state index < -0.39 is 25.7 Å². The highest BCUT2D eigenvalue weighted by molar-refractivity contribution is 7.86. The van der Waals surface area contributed by atoms with Crippen LogP contribution in [0.3, 0.4) is 0 Å². The second kappa shape index (κ2) is 16.8. The maximum Gasteiger partial charge on any atom is 0.295 e. The van der Waals surface area contributed by atoms with Gasteiger partial charge in [0.05, 0.1) is 36.7 Å². The molecular weight excluding hydrogens is 917 g/mol. The molecule has 16 nitrogen and oxygen atoms in total.